The van der Waals surface area contributed by atoms with Gasteiger partial charge in [-0.25, -0.2) is 4.98 Å². The number of alkyl halides is 3. The molecule has 0 radical (unpaired) electrons. The van der Waals surface area contributed by atoms with Gasteiger partial charge in [0.2, 0.25) is 0 Å². The van der Waals surface area contributed by atoms with Gasteiger partial charge in [-0.1, -0.05) is 30.3 Å². The number of carbonyl (C=O) groups is 1. The summed E-state index contributed by atoms with van der Waals surface area (Å²) in [4.78, 5) is 25.6. The number of carbonyl (C=O) groups excluding carboxylic acids is 1. The average Bonchev–Trinajstić information content (AvgIpc) is 3.47. The molecule has 4 rings (SSSR count). The minimum absolute atomic E-state index is 0.164. The molecule has 0 atom stereocenters. The first-order valence-electron chi connectivity index (χ1n) is 13.3. The van der Waals surface area contributed by atoms with Crippen molar-refractivity contribution in [1.29, 1.82) is 5.26 Å². The average molecular weight is 610 g/mol. The molecule has 43 heavy (non-hydrogen) atoms. The van der Waals surface area contributed by atoms with E-state index in [4.69, 9.17) is 14.7 Å². The van der Waals surface area contributed by atoms with Crippen molar-refractivity contribution in [3.05, 3.63) is 105 Å². The number of pyridine rings is 1. The number of thiazole rings is 1. The van der Waals surface area contributed by atoms with Crippen LogP contribution in [-0.2, 0) is 32.4 Å². The van der Waals surface area contributed by atoms with E-state index in [0.29, 0.717) is 28.6 Å². The second-order valence-corrected chi connectivity index (χ2v) is 10.6. The van der Waals surface area contributed by atoms with Gasteiger partial charge in [0.05, 0.1) is 38.8 Å². The number of rotatable bonds is 13. The van der Waals surface area contributed by atoms with E-state index in [1.807, 2.05) is 17.0 Å². The van der Waals surface area contributed by atoms with Crippen molar-refractivity contribution in [3.63, 3.8) is 0 Å². The standard InChI is InChI=1S/C31H30F3N5O3S/c1-41-26-10-9-24(28(15-26)42-2)19-38(17-22-6-3-8-25(14-22)31(32,33)34)20-29-37-27(21-43-29)30(40)39(13-5-11-35)18-23-7-4-12-36-16-23/h3-4,6-10,12,14-16,21H,5,13,17-20H2,1-2H3. The molecule has 0 unspecified atom stereocenters. The SMILES string of the molecule is COc1ccc(CN(Cc2cccc(C(F)(F)F)c2)Cc2nc(C(=O)N(CCC#N)Cc3cccnc3)cs2)c(OC)c1. The van der Waals surface area contributed by atoms with Gasteiger partial charge >= 0.3 is 6.18 Å². The fraction of sp³-hybridized carbons (Fsp3) is 0.290. The maximum Gasteiger partial charge on any atom is 0.416 e. The van der Waals surface area contributed by atoms with E-state index < -0.39 is 11.7 Å². The zero-order chi connectivity index (χ0) is 30.8. The van der Waals surface area contributed by atoms with Gasteiger partial charge in [-0.3, -0.25) is 14.7 Å². The lowest BCUT2D eigenvalue weighted by molar-refractivity contribution is -0.137. The van der Waals surface area contributed by atoms with Crippen molar-refractivity contribution in [2.24, 2.45) is 0 Å². The number of methoxy groups -OCH3 is 2. The molecule has 0 fully saturated rings. The lowest BCUT2D eigenvalue weighted by Crippen LogP contribution is -2.31. The number of aromatic nitrogens is 2. The van der Waals surface area contributed by atoms with Crippen LogP contribution < -0.4 is 9.47 Å². The molecular formula is C31H30F3N5O3S. The van der Waals surface area contributed by atoms with E-state index in [9.17, 15) is 18.0 Å². The zero-order valence-corrected chi connectivity index (χ0v) is 24.5. The van der Waals surface area contributed by atoms with E-state index in [1.54, 1.807) is 54.0 Å². The summed E-state index contributed by atoms with van der Waals surface area (Å²) in [5.74, 6) is 0.870. The van der Waals surface area contributed by atoms with Crippen LogP contribution in [0.4, 0.5) is 13.2 Å². The Kier molecular flexibility index (Phi) is 10.7. The Morgan fingerprint density at radius 2 is 1.81 bits per heavy atom. The van der Waals surface area contributed by atoms with Crippen LogP contribution in [0.2, 0.25) is 0 Å². The van der Waals surface area contributed by atoms with Crippen molar-refractivity contribution in [3.8, 4) is 17.6 Å². The highest BCUT2D eigenvalue weighted by Crippen LogP contribution is 2.31. The molecule has 0 saturated heterocycles. The lowest BCUT2D eigenvalue weighted by atomic mass is 10.1. The number of hydrogen-bond acceptors (Lipinski definition) is 8. The van der Waals surface area contributed by atoms with Gasteiger partial charge in [0, 0.05) is 55.6 Å². The van der Waals surface area contributed by atoms with Gasteiger partial charge in [-0.15, -0.1) is 11.3 Å². The van der Waals surface area contributed by atoms with E-state index in [-0.39, 0.29) is 44.2 Å². The van der Waals surface area contributed by atoms with Crippen LogP contribution in [0.5, 0.6) is 11.5 Å². The summed E-state index contributed by atoms with van der Waals surface area (Å²) in [6.45, 7) is 1.30. The highest BCUT2D eigenvalue weighted by Gasteiger charge is 2.30. The number of nitrogens with zero attached hydrogens (tertiary/aromatic N) is 5. The highest BCUT2D eigenvalue weighted by molar-refractivity contribution is 7.09. The first kappa shape index (κ1) is 31.5. The molecule has 0 bridgehead atoms. The predicted molar refractivity (Wildman–Crippen MR) is 155 cm³/mol. The largest absolute Gasteiger partial charge is 0.497 e. The van der Waals surface area contributed by atoms with Crippen molar-refractivity contribution in [2.75, 3.05) is 20.8 Å². The third-order valence-corrected chi connectivity index (χ3v) is 7.39. The van der Waals surface area contributed by atoms with Crippen LogP contribution in [0.3, 0.4) is 0 Å². The van der Waals surface area contributed by atoms with Crippen molar-refractivity contribution >= 4 is 17.2 Å². The highest BCUT2D eigenvalue weighted by atomic mass is 32.1. The predicted octanol–water partition coefficient (Wildman–Crippen LogP) is 6.33. The summed E-state index contributed by atoms with van der Waals surface area (Å²) in [5.41, 5.74) is 1.63. The maximum atomic E-state index is 13.4. The Morgan fingerprint density at radius 3 is 2.51 bits per heavy atom. The van der Waals surface area contributed by atoms with E-state index in [1.165, 1.54) is 24.5 Å². The fourth-order valence-electron chi connectivity index (χ4n) is 4.48. The normalized spacial score (nSPS) is 11.3. The number of halogens is 3. The summed E-state index contributed by atoms with van der Waals surface area (Å²) >= 11 is 1.29. The molecule has 0 saturated carbocycles. The molecule has 0 spiro atoms. The molecule has 224 valence electrons. The maximum absolute atomic E-state index is 13.4. The minimum atomic E-state index is -4.46. The van der Waals surface area contributed by atoms with E-state index in [2.05, 4.69) is 16.0 Å². The number of benzene rings is 2. The molecule has 8 nitrogen and oxygen atoms in total. The van der Waals surface area contributed by atoms with Gasteiger partial charge in [-0.05, 0) is 29.3 Å². The first-order chi connectivity index (χ1) is 20.7. The number of hydrogen-bond donors (Lipinski definition) is 0. The summed E-state index contributed by atoms with van der Waals surface area (Å²) < 4.78 is 51.1. The lowest BCUT2D eigenvalue weighted by Gasteiger charge is -2.23. The third kappa shape index (κ3) is 8.76. The monoisotopic (exact) mass is 609 g/mol. The van der Waals surface area contributed by atoms with E-state index >= 15 is 0 Å². The number of amides is 1. The summed E-state index contributed by atoms with van der Waals surface area (Å²) in [6, 6.07) is 16.3. The number of nitriles is 1. The number of ether oxygens (including phenoxy) is 2. The van der Waals surface area contributed by atoms with Crippen molar-refractivity contribution < 1.29 is 27.4 Å². The van der Waals surface area contributed by atoms with Crippen LogP contribution in [0.1, 0.15) is 44.2 Å². The molecule has 2 aromatic carbocycles. The Bertz CT molecular complexity index is 1560. The third-order valence-electron chi connectivity index (χ3n) is 6.56. The Morgan fingerprint density at radius 1 is 1.00 bits per heavy atom. The zero-order valence-electron chi connectivity index (χ0n) is 23.7. The van der Waals surface area contributed by atoms with Gasteiger partial charge in [0.1, 0.15) is 22.2 Å². The molecule has 2 aromatic heterocycles. The Balaban J connectivity index is 1.58. The molecule has 0 N–H and O–H groups in total. The van der Waals surface area contributed by atoms with Gasteiger partial charge < -0.3 is 14.4 Å². The van der Waals surface area contributed by atoms with E-state index in [0.717, 1.165) is 23.3 Å². The molecule has 0 aliphatic carbocycles. The van der Waals surface area contributed by atoms with Gasteiger partial charge in [0.15, 0.2) is 0 Å². The van der Waals surface area contributed by atoms with Crippen LogP contribution in [0.15, 0.2) is 72.4 Å². The minimum Gasteiger partial charge on any atom is -0.497 e. The van der Waals surface area contributed by atoms with Crippen LogP contribution in [0, 0.1) is 11.3 Å². The molecule has 2 heterocycles. The molecule has 4 aromatic rings. The van der Waals surface area contributed by atoms with Gasteiger partial charge in [0.25, 0.3) is 5.91 Å². The van der Waals surface area contributed by atoms with Crippen molar-refractivity contribution in [2.45, 2.75) is 38.8 Å². The molecule has 12 heteroatoms. The molecule has 0 aliphatic heterocycles. The molecule has 1 amide bonds. The quantitative estimate of drug-likeness (QED) is 0.175. The Hall–Kier alpha value is -4.47. The molecular weight excluding hydrogens is 579 g/mol. The smallest absolute Gasteiger partial charge is 0.416 e. The second-order valence-electron chi connectivity index (χ2n) is 9.64. The molecule has 0 aliphatic rings. The Labute approximate surface area is 251 Å². The van der Waals surface area contributed by atoms with Crippen molar-refractivity contribution in [1.82, 2.24) is 19.8 Å². The van der Waals surface area contributed by atoms with Crippen LogP contribution >= 0.6 is 11.3 Å². The van der Waals surface area contributed by atoms with Crippen LogP contribution in [0.25, 0.3) is 0 Å². The summed E-state index contributed by atoms with van der Waals surface area (Å²) in [7, 11) is 3.09. The second kappa shape index (κ2) is 14.6. The first-order valence-corrected chi connectivity index (χ1v) is 14.2. The topological polar surface area (TPSA) is 91.6 Å². The fourth-order valence-corrected chi connectivity index (χ4v) is 5.29. The van der Waals surface area contributed by atoms with Crippen LogP contribution in [-0.4, -0.2) is 46.4 Å². The summed E-state index contributed by atoms with van der Waals surface area (Å²) in [5, 5.41) is 11.4. The van der Waals surface area contributed by atoms with Gasteiger partial charge in [-0.2, -0.15) is 18.4 Å². The summed E-state index contributed by atoms with van der Waals surface area (Å²) in [6.07, 6.45) is -0.988.